The van der Waals surface area contributed by atoms with Crippen molar-refractivity contribution in [2.45, 2.75) is 0 Å². The van der Waals surface area contributed by atoms with Crippen LogP contribution in [-0.4, -0.2) is 39.3 Å². The molecule has 0 aliphatic rings. The summed E-state index contributed by atoms with van der Waals surface area (Å²) in [5.74, 6) is 0. The van der Waals surface area contributed by atoms with E-state index in [1.54, 1.807) is 0 Å². The van der Waals surface area contributed by atoms with Crippen LogP contribution < -0.4 is 14.7 Å². The summed E-state index contributed by atoms with van der Waals surface area (Å²) in [7, 11) is 0. The Kier molecular flexibility index (Phi) is 10.2. The molecule has 0 radical (unpaired) electrons. The molecule has 0 saturated heterocycles. The minimum absolute atomic E-state index is 0.751. The summed E-state index contributed by atoms with van der Waals surface area (Å²) in [5, 5.41) is 0. The van der Waals surface area contributed by atoms with Crippen molar-refractivity contribution in [1.29, 1.82) is 0 Å². The van der Waals surface area contributed by atoms with Crippen LogP contribution in [0.5, 0.6) is 0 Å². The van der Waals surface area contributed by atoms with Crippen LogP contribution in [0.25, 0.3) is 0 Å². The number of rotatable bonds is 15. The average Bonchev–Trinajstić information content (AvgIpc) is 2.67. The van der Waals surface area contributed by atoms with Crippen molar-refractivity contribution in [2.24, 2.45) is 0 Å². The molecule has 1 aromatic rings. The molecule has 0 aliphatic carbocycles. The van der Waals surface area contributed by atoms with Crippen molar-refractivity contribution in [2.75, 3.05) is 54.0 Å². The molecule has 0 aliphatic heterocycles. The first kappa shape index (κ1) is 22.1. The lowest BCUT2D eigenvalue weighted by Gasteiger charge is -2.30. The molecule has 0 fully saturated rings. The third-order valence-corrected chi connectivity index (χ3v) is 4.08. The second-order valence-corrected chi connectivity index (χ2v) is 6.15. The van der Waals surface area contributed by atoms with Gasteiger partial charge >= 0.3 is 0 Å². The SMILES string of the molecule is C=CCN(CC=C)c1cc(N(CC=C)CC=C)cc(N(CC=C)CC=C)c1. The van der Waals surface area contributed by atoms with Crippen LogP contribution in [0.15, 0.2) is 94.1 Å². The van der Waals surface area contributed by atoms with Gasteiger partial charge in [0.25, 0.3) is 0 Å². The van der Waals surface area contributed by atoms with Crippen LogP contribution in [0.3, 0.4) is 0 Å². The minimum atomic E-state index is 0.751. The van der Waals surface area contributed by atoms with E-state index < -0.39 is 0 Å². The first-order valence-electron chi connectivity index (χ1n) is 9.20. The summed E-state index contributed by atoms with van der Waals surface area (Å²) in [4.78, 5) is 6.73. The summed E-state index contributed by atoms with van der Waals surface area (Å²) >= 11 is 0. The van der Waals surface area contributed by atoms with Crippen molar-refractivity contribution >= 4 is 17.1 Å². The van der Waals surface area contributed by atoms with Crippen molar-refractivity contribution in [3.05, 3.63) is 94.1 Å². The molecule has 0 atom stereocenters. The molecule has 0 saturated carbocycles. The van der Waals surface area contributed by atoms with Gasteiger partial charge in [-0.05, 0) is 18.2 Å². The van der Waals surface area contributed by atoms with Gasteiger partial charge in [0, 0.05) is 56.3 Å². The number of hydrogen-bond acceptors (Lipinski definition) is 3. The maximum atomic E-state index is 3.89. The highest BCUT2D eigenvalue weighted by Crippen LogP contribution is 2.30. The fourth-order valence-electron chi connectivity index (χ4n) is 2.92. The van der Waals surface area contributed by atoms with E-state index in [1.807, 2.05) is 36.5 Å². The van der Waals surface area contributed by atoms with Crippen LogP contribution in [0.4, 0.5) is 17.1 Å². The highest BCUT2D eigenvalue weighted by Gasteiger charge is 2.13. The van der Waals surface area contributed by atoms with E-state index >= 15 is 0 Å². The third kappa shape index (κ3) is 6.70. The fraction of sp³-hybridized carbons (Fsp3) is 0.250. The third-order valence-electron chi connectivity index (χ3n) is 4.08. The van der Waals surface area contributed by atoms with Gasteiger partial charge in [-0.25, -0.2) is 0 Å². The number of hydrogen-bond donors (Lipinski definition) is 0. The predicted octanol–water partition coefficient (Wildman–Crippen LogP) is 5.22. The molecule has 144 valence electrons. The van der Waals surface area contributed by atoms with E-state index in [0.717, 1.165) is 56.3 Å². The molecular weight excluding hydrogens is 330 g/mol. The number of anilines is 3. The van der Waals surface area contributed by atoms with E-state index in [2.05, 4.69) is 72.4 Å². The summed E-state index contributed by atoms with van der Waals surface area (Å²) in [5.41, 5.74) is 3.37. The summed E-state index contributed by atoms with van der Waals surface area (Å²) < 4.78 is 0. The minimum Gasteiger partial charge on any atom is -0.364 e. The van der Waals surface area contributed by atoms with E-state index in [1.165, 1.54) is 0 Å². The largest absolute Gasteiger partial charge is 0.364 e. The molecule has 27 heavy (non-hydrogen) atoms. The summed E-state index contributed by atoms with van der Waals surface area (Å²) in [6.45, 7) is 27.9. The molecule has 1 rings (SSSR count). The molecular formula is C24H33N3. The highest BCUT2D eigenvalue weighted by molar-refractivity contribution is 5.70. The summed E-state index contributed by atoms with van der Waals surface area (Å²) in [6.07, 6.45) is 11.5. The first-order chi connectivity index (χ1) is 13.1. The van der Waals surface area contributed by atoms with E-state index in [-0.39, 0.29) is 0 Å². The Labute approximate surface area is 165 Å². The normalized spacial score (nSPS) is 9.78. The smallest absolute Gasteiger partial charge is 0.0413 e. The lowest BCUT2D eigenvalue weighted by molar-refractivity contribution is 0.921. The van der Waals surface area contributed by atoms with Crippen LogP contribution in [0.2, 0.25) is 0 Å². The Balaban J connectivity index is 3.50. The van der Waals surface area contributed by atoms with Gasteiger partial charge in [-0.15, -0.1) is 39.5 Å². The first-order valence-corrected chi connectivity index (χ1v) is 9.20. The molecule has 0 heterocycles. The molecule has 3 nitrogen and oxygen atoms in total. The standard InChI is InChI=1S/C24H33N3/c1-7-13-25(14-8-2)22-19-23(26(15-9-3)16-10-4)21-24(20-22)27(17-11-5)18-12-6/h7-12,19-21H,1-6,13-18H2. The number of nitrogens with zero attached hydrogens (tertiary/aromatic N) is 3. The van der Waals surface area contributed by atoms with Crippen molar-refractivity contribution < 1.29 is 0 Å². The Morgan fingerprint density at radius 1 is 0.444 bits per heavy atom. The second-order valence-electron chi connectivity index (χ2n) is 6.15. The van der Waals surface area contributed by atoms with E-state index in [0.29, 0.717) is 0 Å². The van der Waals surface area contributed by atoms with E-state index in [9.17, 15) is 0 Å². The topological polar surface area (TPSA) is 9.72 Å². The molecule has 0 bridgehead atoms. The number of benzene rings is 1. The van der Waals surface area contributed by atoms with Gasteiger partial charge < -0.3 is 14.7 Å². The lowest BCUT2D eigenvalue weighted by atomic mass is 10.1. The van der Waals surface area contributed by atoms with Gasteiger partial charge in [-0.3, -0.25) is 0 Å². The van der Waals surface area contributed by atoms with Gasteiger partial charge in [-0.1, -0.05) is 36.5 Å². The zero-order valence-corrected chi connectivity index (χ0v) is 16.5. The van der Waals surface area contributed by atoms with Crippen LogP contribution in [0.1, 0.15) is 0 Å². The maximum absolute atomic E-state index is 3.89. The van der Waals surface area contributed by atoms with Gasteiger partial charge in [0.2, 0.25) is 0 Å². The monoisotopic (exact) mass is 363 g/mol. The Morgan fingerprint density at radius 2 is 0.630 bits per heavy atom. The van der Waals surface area contributed by atoms with Gasteiger partial charge in [0.05, 0.1) is 0 Å². The zero-order chi connectivity index (χ0) is 20.1. The van der Waals surface area contributed by atoms with Crippen LogP contribution in [-0.2, 0) is 0 Å². The Hall–Kier alpha value is -2.94. The second kappa shape index (κ2) is 12.4. The average molecular weight is 364 g/mol. The fourth-order valence-corrected chi connectivity index (χ4v) is 2.92. The van der Waals surface area contributed by atoms with Crippen molar-refractivity contribution in [1.82, 2.24) is 0 Å². The Bertz CT molecular complexity index is 527. The quantitative estimate of drug-likeness (QED) is 0.396. The molecule has 0 N–H and O–H groups in total. The maximum Gasteiger partial charge on any atom is 0.0413 e. The highest BCUT2D eigenvalue weighted by atomic mass is 15.2. The van der Waals surface area contributed by atoms with Crippen molar-refractivity contribution in [3.63, 3.8) is 0 Å². The molecule has 0 spiro atoms. The van der Waals surface area contributed by atoms with Crippen LogP contribution >= 0.6 is 0 Å². The molecule has 3 heteroatoms. The van der Waals surface area contributed by atoms with E-state index in [4.69, 9.17) is 0 Å². The molecule has 0 aromatic heterocycles. The Morgan fingerprint density at radius 3 is 0.778 bits per heavy atom. The van der Waals surface area contributed by atoms with Gasteiger partial charge in [0.15, 0.2) is 0 Å². The summed E-state index contributed by atoms with van der Waals surface area (Å²) in [6, 6.07) is 6.59. The molecule has 1 aromatic carbocycles. The van der Waals surface area contributed by atoms with Gasteiger partial charge in [-0.2, -0.15) is 0 Å². The van der Waals surface area contributed by atoms with Gasteiger partial charge in [0.1, 0.15) is 0 Å². The van der Waals surface area contributed by atoms with Crippen LogP contribution in [0, 0.1) is 0 Å². The molecule has 0 unspecified atom stereocenters. The molecule has 0 amide bonds. The van der Waals surface area contributed by atoms with Crippen molar-refractivity contribution in [3.8, 4) is 0 Å². The zero-order valence-electron chi connectivity index (χ0n) is 16.5. The predicted molar refractivity (Wildman–Crippen MR) is 124 cm³/mol. The lowest BCUT2D eigenvalue weighted by Crippen LogP contribution is -2.28.